The van der Waals surface area contributed by atoms with Gasteiger partial charge in [-0.2, -0.15) is 0 Å². The first-order valence-corrected chi connectivity index (χ1v) is 5.99. The topological polar surface area (TPSA) is 44.7 Å². The van der Waals surface area contributed by atoms with Gasteiger partial charge in [-0.25, -0.2) is 0 Å². The smallest absolute Gasteiger partial charge is 0.289 e. The molecule has 0 radical (unpaired) electrons. The van der Waals surface area contributed by atoms with E-state index >= 15 is 0 Å². The van der Waals surface area contributed by atoms with Gasteiger partial charge in [0.15, 0.2) is 5.84 Å². The van der Waals surface area contributed by atoms with E-state index < -0.39 is 0 Å². The number of benzene rings is 1. The number of hydrogen-bond donors (Lipinski definition) is 1. The summed E-state index contributed by atoms with van der Waals surface area (Å²) in [5, 5.41) is 3.04. The minimum atomic E-state index is 0.0389. The maximum absolute atomic E-state index is 12.1. The van der Waals surface area contributed by atoms with Crippen molar-refractivity contribution in [3.63, 3.8) is 0 Å². The molecule has 0 bridgehead atoms. The molecule has 2 heterocycles. The van der Waals surface area contributed by atoms with Crippen molar-refractivity contribution in [2.45, 2.75) is 13.0 Å². The molecular formula is C13H15N3O. The van der Waals surface area contributed by atoms with Crippen LogP contribution in [0.2, 0.25) is 0 Å². The van der Waals surface area contributed by atoms with Crippen molar-refractivity contribution in [1.29, 1.82) is 0 Å². The second-order valence-electron chi connectivity index (χ2n) is 4.40. The predicted octanol–water partition coefficient (Wildman–Crippen LogP) is 0.573. The number of aliphatic imine (C=N–C) groups is 1. The number of nitrogens with zero attached hydrogens (tertiary/aromatic N) is 2. The minimum absolute atomic E-state index is 0.0389. The highest BCUT2D eigenvalue weighted by molar-refractivity contribution is 6.38. The van der Waals surface area contributed by atoms with E-state index in [0.29, 0.717) is 18.9 Å². The third kappa shape index (κ3) is 1.90. The SMILES string of the molecule is O=C(C1=NCCN1)N1CCc2ccccc2C1. The summed E-state index contributed by atoms with van der Waals surface area (Å²) in [6, 6.07) is 8.32. The van der Waals surface area contributed by atoms with Crippen LogP contribution in [0.25, 0.3) is 0 Å². The van der Waals surface area contributed by atoms with E-state index in [9.17, 15) is 4.79 Å². The van der Waals surface area contributed by atoms with Crippen LogP contribution in [0.1, 0.15) is 11.1 Å². The quantitative estimate of drug-likeness (QED) is 0.765. The highest BCUT2D eigenvalue weighted by Gasteiger charge is 2.25. The number of nitrogens with one attached hydrogen (secondary N) is 1. The summed E-state index contributed by atoms with van der Waals surface area (Å²) in [7, 11) is 0. The fourth-order valence-corrected chi connectivity index (χ4v) is 2.36. The van der Waals surface area contributed by atoms with Gasteiger partial charge in [0.2, 0.25) is 0 Å². The Morgan fingerprint density at radius 3 is 2.88 bits per heavy atom. The van der Waals surface area contributed by atoms with E-state index in [1.165, 1.54) is 11.1 Å². The maximum Gasteiger partial charge on any atom is 0.289 e. The Hall–Kier alpha value is -1.84. The van der Waals surface area contributed by atoms with Crippen molar-refractivity contribution in [2.75, 3.05) is 19.6 Å². The first-order valence-electron chi connectivity index (χ1n) is 5.99. The average Bonchev–Trinajstić information content (AvgIpc) is 2.91. The van der Waals surface area contributed by atoms with Crippen LogP contribution in [0.5, 0.6) is 0 Å². The van der Waals surface area contributed by atoms with E-state index in [2.05, 4.69) is 28.5 Å². The lowest BCUT2D eigenvalue weighted by Crippen LogP contribution is -2.43. The first-order chi connectivity index (χ1) is 8.34. The molecule has 4 heteroatoms. The second kappa shape index (κ2) is 4.20. The van der Waals surface area contributed by atoms with Gasteiger partial charge in [0.05, 0.1) is 6.54 Å². The fourth-order valence-electron chi connectivity index (χ4n) is 2.36. The summed E-state index contributed by atoms with van der Waals surface area (Å²) < 4.78 is 0. The van der Waals surface area contributed by atoms with Gasteiger partial charge in [0.25, 0.3) is 5.91 Å². The number of carbonyl (C=O) groups excluding carboxylic acids is 1. The Labute approximate surface area is 100 Å². The normalized spacial score (nSPS) is 18.4. The van der Waals surface area contributed by atoms with E-state index in [1.54, 1.807) is 0 Å². The molecule has 1 aromatic rings. The maximum atomic E-state index is 12.1. The summed E-state index contributed by atoms with van der Waals surface area (Å²) in [4.78, 5) is 18.2. The first kappa shape index (κ1) is 10.3. The number of amides is 1. The largest absolute Gasteiger partial charge is 0.364 e. The summed E-state index contributed by atoms with van der Waals surface area (Å²) in [5.74, 6) is 0.571. The Morgan fingerprint density at radius 2 is 2.12 bits per heavy atom. The lowest BCUT2D eigenvalue weighted by atomic mass is 10.00. The molecule has 0 atom stereocenters. The molecule has 0 aliphatic carbocycles. The van der Waals surface area contributed by atoms with Crippen LogP contribution in [0.15, 0.2) is 29.3 Å². The van der Waals surface area contributed by atoms with E-state index in [4.69, 9.17) is 0 Å². The van der Waals surface area contributed by atoms with Crippen LogP contribution in [-0.4, -0.2) is 36.3 Å². The fraction of sp³-hybridized carbons (Fsp3) is 0.385. The molecule has 0 spiro atoms. The van der Waals surface area contributed by atoms with E-state index in [0.717, 1.165) is 19.5 Å². The van der Waals surface area contributed by atoms with Gasteiger partial charge in [-0.05, 0) is 17.5 Å². The van der Waals surface area contributed by atoms with Crippen LogP contribution < -0.4 is 5.32 Å². The van der Waals surface area contributed by atoms with E-state index in [-0.39, 0.29) is 5.91 Å². The molecule has 0 unspecified atom stereocenters. The van der Waals surface area contributed by atoms with Crippen LogP contribution in [0.3, 0.4) is 0 Å². The van der Waals surface area contributed by atoms with Gasteiger partial charge in [0.1, 0.15) is 0 Å². The zero-order valence-corrected chi connectivity index (χ0v) is 9.65. The molecule has 3 rings (SSSR count). The van der Waals surface area contributed by atoms with Gasteiger partial charge in [-0.15, -0.1) is 0 Å². The lowest BCUT2D eigenvalue weighted by molar-refractivity contribution is -0.125. The van der Waals surface area contributed by atoms with Crippen molar-refractivity contribution in [2.24, 2.45) is 4.99 Å². The Kier molecular flexibility index (Phi) is 2.55. The van der Waals surface area contributed by atoms with Gasteiger partial charge in [0, 0.05) is 19.6 Å². The van der Waals surface area contributed by atoms with Crippen molar-refractivity contribution >= 4 is 11.7 Å². The zero-order chi connectivity index (χ0) is 11.7. The number of hydrogen-bond acceptors (Lipinski definition) is 3. The number of rotatable bonds is 1. The molecular weight excluding hydrogens is 214 g/mol. The van der Waals surface area contributed by atoms with Gasteiger partial charge < -0.3 is 10.2 Å². The molecule has 0 aromatic heterocycles. The molecule has 2 aliphatic rings. The van der Waals surface area contributed by atoms with Crippen molar-refractivity contribution in [3.05, 3.63) is 35.4 Å². The van der Waals surface area contributed by atoms with Gasteiger partial charge in [-0.3, -0.25) is 9.79 Å². The number of fused-ring (bicyclic) bond motifs is 1. The molecule has 1 aromatic carbocycles. The highest BCUT2D eigenvalue weighted by atomic mass is 16.2. The van der Waals surface area contributed by atoms with Gasteiger partial charge in [-0.1, -0.05) is 24.3 Å². The Bertz CT molecular complexity index is 481. The molecule has 1 N–H and O–H groups in total. The van der Waals surface area contributed by atoms with Crippen LogP contribution >= 0.6 is 0 Å². The summed E-state index contributed by atoms with van der Waals surface area (Å²) in [6.45, 7) is 2.99. The minimum Gasteiger partial charge on any atom is -0.364 e. The van der Waals surface area contributed by atoms with Crippen molar-refractivity contribution < 1.29 is 4.79 Å². The monoisotopic (exact) mass is 229 g/mol. The molecule has 88 valence electrons. The van der Waals surface area contributed by atoms with Gasteiger partial charge >= 0.3 is 0 Å². The summed E-state index contributed by atoms with van der Waals surface area (Å²) in [6.07, 6.45) is 0.940. The predicted molar refractivity (Wildman–Crippen MR) is 65.9 cm³/mol. The highest BCUT2D eigenvalue weighted by Crippen LogP contribution is 2.18. The third-order valence-corrected chi connectivity index (χ3v) is 3.29. The molecule has 4 nitrogen and oxygen atoms in total. The molecule has 0 saturated heterocycles. The molecule has 2 aliphatic heterocycles. The molecule has 1 amide bonds. The average molecular weight is 229 g/mol. The standard InChI is InChI=1S/C13H15N3O/c17-13(12-14-6-7-15-12)16-8-5-10-3-1-2-4-11(10)9-16/h1-4H,5-9H2,(H,14,15). The molecule has 17 heavy (non-hydrogen) atoms. The number of amidine groups is 1. The summed E-state index contributed by atoms with van der Waals surface area (Å²) in [5.41, 5.74) is 2.61. The Balaban J connectivity index is 1.77. The van der Waals surface area contributed by atoms with Crippen LogP contribution in [0.4, 0.5) is 0 Å². The lowest BCUT2D eigenvalue weighted by Gasteiger charge is -2.28. The Morgan fingerprint density at radius 1 is 1.29 bits per heavy atom. The van der Waals surface area contributed by atoms with Crippen LogP contribution in [0, 0.1) is 0 Å². The molecule has 0 fully saturated rings. The van der Waals surface area contributed by atoms with Crippen LogP contribution in [-0.2, 0) is 17.8 Å². The number of carbonyl (C=O) groups is 1. The second-order valence-corrected chi connectivity index (χ2v) is 4.40. The van der Waals surface area contributed by atoms with Crippen molar-refractivity contribution in [1.82, 2.24) is 10.2 Å². The zero-order valence-electron chi connectivity index (χ0n) is 9.65. The van der Waals surface area contributed by atoms with Crippen molar-refractivity contribution in [3.8, 4) is 0 Å². The third-order valence-electron chi connectivity index (χ3n) is 3.29. The molecule has 0 saturated carbocycles. The van der Waals surface area contributed by atoms with E-state index in [1.807, 2.05) is 11.0 Å². The summed E-state index contributed by atoms with van der Waals surface area (Å²) >= 11 is 0.